The van der Waals surface area contributed by atoms with Gasteiger partial charge in [0.2, 0.25) is 0 Å². The Bertz CT molecular complexity index is 940. The summed E-state index contributed by atoms with van der Waals surface area (Å²) < 4.78 is 11.4. The molecule has 5 nitrogen and oxygen atoms in total. The van der Waals surface area contributed by atoms with Crippen molar-refractivity contribution in [2.75, 3.05) is 13.7 Å². The molecule has 26 heavy (non-hydrogen) atoms. The maximum Gasteiger partial charge on any atom is 0.270 e. The zero-order chi connectivity index (χ0) is 18.3. The average Bonchev–Trinajstić information content (AvgIpc) is 3.02. The van der Waals surface area contributed by atoms with E-state index in [4.69, 9.17) is 9.15 Å². The molecule has 1 amide bonds. The quantitative estimate of drug-likeness (QED) is 0.708. The largest absolute Gasteiger partial charge is 0.494 e. The van der Waals surface area contributed by atoms with E-state index in [2.05, 4.69) is 11.9 Å². The van der Waals surface area contributed by atoms with Gasteiger partial charge in [-0.25, -0.2) is 0 Å². The monoisotopic (exact) mass is 352 g/mol. The lowest BCUT2D eigenvalue weighted by molar-refractivity contribution is 0.0770. The van der Waals surface area contributed by atoms with Gasteiger partial charge in [-0.05, 0) is 49.6 Å². The molecule has 0 saturated heterocycles. The Labute approximate surface area is 152 Å². The van der Waals surface area contributed by atoms with Crippen molar-refractivity contribution in [3.8, 4) is 5.75 Å². The fourth-order valence-corrected chi connectivity index (χ4v) is 3.39. The lowest BCUT2D eigenvalue weighted by Gasteiger charge is -2.14. The summed E-state index contributed by atoms with van der Waals surface area (Å²) in [4.78, 5) is 17.6. The average molecular weight is 352 g/mol. The van der Waals surface area contributed by atoms with Crippen molar-refractivity contribution in [3.05, 3.63) is 53.6 Å². The highest BCUT2D eigenvalue weighted by molar-refractivity contribution is 5.98. The van der Waals surface area contributed by atoms with Crippen LogP contribution in [0.1, 0.15) is 48.2 Å². The fourth-order valence-electron chi connectivity index (χ4n) is 3.39. The van der Waals surface area contributed by atoms with Crippen molar-refractivity contribution in [2.45, 2.75) is 32.7 Å². The Kier molecular flexibility index (Phi) is 4.23. The number of carbonyl (C=O) groups excluding carboxylic acids is 1. The van der Waals surface area contributed by atoms with Gasteiger partial charge in [-0.15, -0.1) is 0 Å². The highest BCUT2D eigenvalue weighted by atomic mass is 16.5. The number of rotatable bonds is 6. The maximum atomic E-state index is 12.8. The second-order valence-electron chi connectivity index (χ2n) is 7.15. The molecule has 136 valence electrons. The van der Waals surface area contributed by atoms with E-state index in [1.54, 1.807) is 11.9 Å². The van der Waals surface area contributed by atoms with Gasteiger partial charge in [-0.2, -0.15) is 0 Å². The van der Waals surface area contributed by atoms with Crippen LogP contribution in [0, 0.1) is 5.92 Å². The molecular formula is C21H24N2O3. The number of aromatic amines is 1. The number of H-pyrrole nitrogens is 1. The van der Waals surface area contributed by atoms with E-state index in [9.17, 15) is 4.79 Å². The number of hydrogen-bond acceptors (Lipinski definition) is 3. The summed E-state index contributed by atoms with van der Waals surface area (Å²) in [6, 6.07) is 11.7. The molecule has 0 aliphatic heterocycles. The zero-order valence-corrected chi connectivity index (χ0v) is 15.4. The van der Waals surface area contributed by atoms with Crippen LogP contribution in [0.5, 0.6) is 5.75 Å². The molecule has 1 aliphatic rings. The van der Waals surface area contributed by atoms with E-state index in [0.717, 1.165) is 28.2 Å². The van der Waals surface area contributed by atoms with E-state index in [1.165, 1.54) is 6.42 Å². The van der Waals surface area contributed by atoms with Gasteiger partial charge in [-0.3, -0.25) is 4.79 Å². The molecule has 2 aromatic heterocycles. The third-order valence-corrected chi connectivity index (χ3v) is 5.03. The summed E-state index contributed by atoms with van der Waals surface area (Å²) >= 11 is 0. The summed E-state index contributed by atoms with van der Waals surface area (Å²) in [5.74, 6) is 3.87. The Morgan fingerprint density at radius 3 is 2.85 bits per heavy atom. The van der Waals surface area contributed by atoms with Gasteiger partial charge in [-0.1, -0.05) is 6.92 Å². The minimum Gasteiger partial charge on any atom is -0.494 e. The molecule has 0 bridgehead atoms. The minimum absolute atomic E-state index is 0.0584. The van der Waals surface area contributed by atoms with E-state index >= 15 is 0 Å². The molecular weight excluding hydrogens is 328 g/mol. The molecule has 2 atom stereocenters. The van der Waals surface area contributed by atoms with E-state index < -0.39 is 0 Å². The number of benzene rings is 1. The summed E-state index contributed by atoms with van der Waals surface area (Å²) in [6.45, 7) is 5.26. The SMILES string of the molecule is CCOc1ccc2cc(C(=O)N(C)Cc3ccc([C@@H]4C[C@@H]4C)o3)[nH]c2c1. The van der Waals surface area contributed by atoms with Crippen LogP contribution < -0.4 is 4.74 Å². The summed E-state index contributed by atoms with van der Waals surface area (Å²) in [6.07, 6.45) is 1.19. The summed E-state index contributed by atoms with van der Waals surface area (Å²) in [5, 5.41) is 0.994. The van der Waals surface area contributed by atoms with Gasteiger partial charge in [0.25, 0.3) is 5.91 Å². The van der Waals surface area contributed by atoms with Crippen molar-refractivity contribution in [2.24, 2.45) is 5.92 Å². The topological polar surface area (TPSA) is 58.5 Å². The standard InChI is InChI=1S/C21H24N2O3/c1-4-25-15-6-5-14-10-19(22-18(14)11-15)21(24)23(3)12-16-7-8-20(26-16)17-9-13(17)2/h5-8,10-11,13,17,22H,4,9,12H2,1-3H3/t13-,17+/m0/s1. The smallest absolute Gasteiger partial charge is 0.270 e. The molecule has 0 radical (unpaired) electrons. The number of nitrogens with zero attached hydrogens (tertiary/aromatic N) is 1. The van der Waals surface area contributed by atoms with Crippen molar-refractivity contribution >= 4 is 16.8 Å². The third kappa shape index (κ3) is 3.21. The number of amides is 1. The van der Waals surface area contributed by atoms with Gasteiger partial charge in [0.05, 0.1) is 13.2 Å². The van der Waals surface area contributed by atoms with Crippen molar-refractivity contribution in [1.82, 2.24) is 9.88 Å². The van der Waals surface area contributed by atoms with Crippen LogP contribution in [-0.4, -0.2) is 29.4 Å². The minimum atomic E-state index is -0.0584. The molecule has 5 heteroatoms. The molecule has 1 saturated carbocycles. The molecule has 0 spiro atoms. The van der Waals surface area contributed by atoms with Crippen LogP contribution in [0.3, 0.4) is 0 Å². The predicted molar refractivity (Wildman–Crippen MR) is 100 cm³/mol. The second kappa shape index (κ2) is 6.56. The Morgan fingerprint density at radius 1 is 1.31 bits per heavy atom. The number of aromatic nitrogens is 1. The fraction of sp³-hybridized carbons (Fsp3) is 0.381. The first-order valence-corrected chi connectivity index (χ1v) is 9.14. The van der Waals surface area contributed by atoms with Crippen LogP contribution in [0.25, 0.3) is 10.9 Å². The number of carbonyl (C=O) groups is 1. The van der Waals surface area contributed by atoms with Crippen molar-refractivity contribution in [3.63, 3.8) is 0 Å². The molecule has 1 aliphatic carbocycles. The normalized spacial score (nSPS) is 18.9. The maximum absolute atomic E-state index is 12.8. The van der Waals surface area contributed by atoms with Crippen molar-refractivity contribution < 1.29 is 13.9 Å². The molecule has 4 rings (SSSR count). The molecule has 1 aromatic carbocycles. The highest BCUT2D eigenvalue weighted by Gasteiger charge is 2.36. The zero-order valence-electron chi connectivity index (χ0n) is 15.4. The van der Waals surface area contributed by atoms with Crippen LogP contribution in [0.4, 0.5) is 0 Å². The number of fused-ring (bicyclic) bond motifs is 1. The Hall–Kier alpha value is -2.69. The highest BCUT2D eigenvalue weighted by Crippen LogP contribution is 2.47. The first kappa shape index (κ1) is 16.8. The summed E-state index contributed by atoms with van der Waals surface area (Å²) in [5.41, 5.74) is 1.47. The molecule has 3 aromatic rings. The first-order valence-electron chi connectivity index (χ1n) is 9.14. The summed E-state index contributed by atoms with van der Waals surface area (Å²) in [7, 11) is 1.79. The number of hydrogen-bond donors (Lipinski definition) is 1. The lowest BCUT2D eigenvalue weighted by Crippen LogP contribution is -2.26. The predicted octanol–water partition coefficient (Wildman–Crippen LogP) is 4.56. The molecule has 1 fully saturated rings. The lowest BCUT2D eigenvalue weighted by atomic mass is 10.2. The van der Waals surface area contributed by atoms with Crippen LogP contribution >= 0.6 is 0 Å². The third-order valence-electron chi connectivity index (χ3n) is 5.03. The van der Waals surface area contributed by atoms with Crippen LogP contribution in [0.2, 0.25) is 0 Å². The van der Waals surface area contributed by atoms with E-state index in [0.29, 0.717) is 30.7 Å². The van der Waals surface area contributed by atoms with Gasteiger partial charge in [0, 0.05) is 29.9 Å². The second-order valence-corrected chi connectivity index (χ2v) is 7.15. The molecule has 0 unspecified atom stereocenters. The molecule has 1 N–H and O–H groups in total. The van der Waals surface area contributed by atoms with Crippen molar-refractivity contribution in [1.29, 1.82) is 0 Å². The van der Waals surface area contributed by atoms with Gasteiger partial charge >= 0.3 is 0 Å². The Morgan fingerprint density at radius 2 is 2.12 bits per heavy atom. The Balaban J connectivity index is 1.47. The van der Waals surface area contributed by atoms with Gasteiger partial charge in [0.1, 0.15) is 23.0 Å². The van der Waals surface area contributed by atoms with Gasteiger partial charge in [0.15, 0.2) is 0 Å². The van der Waals surface area contributed by atoms with E-state index in [1.807, 2.05) is 43.3 Å². The number of furan rings is 1. The van der Waals surface area contributed by atoms with Crippen LogP contribution in [-0.2, 0) is 6.54 Å². The number of ether oxygens (including phenoxy) is 1. The number of nitrogens with one attached hydrogen (secondary N) is 1. The van der Waals surface area contributed by atoms with Crippen LogP contribution in [0.15, 0.2) is 40.8 Å². The van der Waals surface area contributed by atoms with E-state index in [-0.39, 0.29) is 5.91 Å². The van der Waals surface area contributed by atoms with Gasteiger partial charge < -0.3 is 19.0 Å². The molecule has 2 heterocycles. The first-order chi connectivity index (χ1) is 12.5.